The van der Waals surface area contributed by atoms with Crippen molar-refractivity contribution in [1.82, 2.24) is 4.90 Å². The molecule has 148 valence electrons. The molecule has 1 amide bonds. The number of nitrogens with one attached hydrogen (secondary N) is 1. The molecule has 2 aliphatic rings. The number of fused-ring (bicyclic) bond motifs is 1. The van der Waals surface area contributed by atoms with Gasteiger partial charge in [-0.3, -0.25) is 9.69 Å². The number of anilines is 1. The van der Waals surface area contributed by atoms with Gasteiger partial charge in [0.2, 0.25) is 5.91 Å². The quantitative estimate of drug-likeness (QED) is 0.848. The number of benzene rings is 2. The Kier molecular flexibility index (Phi) is 5.71. The number of ether oxygens (including phenoxy) is 3. The van der Waals surface area contributed by atoms with Gasteiger partial charge in [0, 0.05) is 29.9 Å². The number of hydrogen-bond acceptors (Lipinski definition) is 5. The summed E-state index contributed by atoms with van der Waals surface area (Å²) in [5.74, 6) is 1.30. The smallest absolute Gasteiger partial charge is 0.241 e. The Balaban J connectivity index is 1.39. The maximum Gasteiger partial charge on any atom is 0.241 e. The van der Waals surface area contributed by atoms with E-state index in [-0.39, 0.29) is 18.1 Å². The van der Waals surface area contributed by atoms with Crippen LogP contribution in [-0.2, 0) is 9.53 Å². The topological polar surface area (TPSA) is 60.0 Å². The summed E-state index contributed by atoms with van der Waals surface area (Å²) >= 11 is 5.97. The summed E-state index contributed by atoms with van der Waals surface area (Å²) in [6.45, 7) is 4.91. The molecule has 0 bridgehead atoms. The number of hydrogen-bond donors (Lipinski definition) is 1. The van der Waals surface area contributed by atoms with Crippen LogP contribution in [0.2, 0.25) is 5.02 Å². The second-order valence-corrected chi connectivity index (χ2v) is 7.37. The number of halogens is 1. The summed E-state index contributed by atoms with van der Waals surface area (Å²) in [7, 11) is 0. The van der Waals surface area contributed by atoms with Crippen molar-refractivity contribution in [3.63, 3.8) is 0 Å². The van der Waals surface area contributed by atoms with E-state index in [1.54, 1.807) is 6.07 Å². The highest BCUT2D eigenvalue weighted by molar-refractivity contribution is 6.30. The molecule has 2 heterocycles. The number of morpholine rings is 1. The highest BCUT2D eigenvalue weighted by atomic mass is 35.5. The summed E-state index contributed by atoms with van der Waals surface area (Å²) in [5, 5.41) is 3.67. The maximum atomic E-state index is 12.8. The molecule has 2 atom stereocenters. The Bertz CT molecular complexity index is 843. The normalized spacial score (nSPS) is 20.4. The van der Waals surface area contributed by atoms with Crippen LogP contribution in [0.3, 0.4) is 0 Å². The third-order valence-electron chi connectivity index (χ3n) is 5.08. The van der Waals surface area contributed by atoms with Gasteiger partial charge in [-0.2, -0.15) is 0 Å². The predicted molar refractivity (Wildman–Crippen MR) is 107 cm³/mol. The van der Waals surface area contributed by atoms with Crippen LogP contribution in [0.15, 0.2) is 42.5 Å². The van der Waals surface area contributed by atoms with Crippen LogP contribution in [0, 0.1) is 0 Å². The Morgan fingerprint density at radius 1 is 1.11 bits per heavy atom. The van der Waals surface area contributed by atoms with Crippen molar-refractivity contribution in [3.05, 3.63) is 53.1 Å². The minimum absolute atomic E-state index is 0.0616. The molecule has 28 heavy (non-hydrogen) atoms. The molecule has 1 fully saturated rings. The molecule has 4 rings (SSSR count). The number of rotatable bonds is 4. The number of carbonyl (C=O) groups excluding carboxylic acids is 1. The van der Waals surface area contributed by atoms with Crippen molar-refractivity contribution in [2.24, 2.45) is 0 Å². The van der Waals surface area contributed by atoms with Crippen LogP contribution in [0.5, 0.6) is 11.5 Å². The number of amides is 1. The summed E-state index contributed by atoms with van der Waals surface area (Å²) in [5.41, 5.74) is 1.76. The van der Waals surface area contributed by atoms with Crippen LogP contribution in [0.25, 0.3) is 0 Å². The second-order valence-electron chi connectivity index (χ2n) is 6.93. The zero-order valence-corrected chi connectivity index (χ0v) is 16.4. The molecule has 0 saturated carbocycles. The van der Waals surface area contributed by atoms with Crippen molar-refractivity contribution < 1.29 is 19.0 Å². The van der Waals surface area contributed by atoms with Crippen molar-refractivity contribution in [2.45, 2.75) is 19.1 Å². The fraction of sp³-hybridized carbons (Fsp3) is 0.381. The fourth-order valence-corrected chi connectivity index (χ4v) is 3.56. The lowest BCUT2D eigenvalue weighted by atomic mass is 10.1. The average Bonchev–Trinajstić information content (AvgIpc) is 2.73. The van der Waals surface area contributed by atoms with Gasteiger partial charge >= 0.3 is 0 Å². The van der Waals surface area contributed by atoms with Crippen molar-refractivity contribution >= 4 is 23.2 Å². The van der Waals surface area contributed by atoms with Crippen LogP contribution in [-0.4, -0.2) is 49.8 Å². The van der Waals surface area contributed by atoms with Gasteiger partial charge in [-0.05, 0) is 36.8 Å². The SMILES string of the molecule is CC(C(=O)Nc1ccc2c(c1)OCCO2)N1CCOC(c2ccc(Cl)cc2)C1. The monoisotopic (exact) mass is 402 g/mol. The van der Waals surface area contributed by atoms with E-state index in [0.29, 0.717) is 55.1 Å². The Hall–Kier alpha value is -2.28. The van der Waals surface area contributed by atoms with Gasteiger partial charge in [0.1, 0.15) is 13.2 Å². The molecule has 1 saturated heterocycles. The van der Waals surface area contributed by atoms with Gasteiger partial charge in [-0.15, -0.1) is 0 Å². The van der Waals surface area contributed by atoms with Crippen LogP contribution >= 0.6 is 11.6 Å². The van der Waals surface area contributed by atoms with Crippen molar-refractivity contribution in [3.8, 4) is 11.5 Å². The molecule has 2 aromatic rings. The number of carbonyl (C=O) groups is 1. The lowest BCUT2D eigenvalue weighted by molar-refractivity contribution is -0.124. The van der Waals surface area contributed by atoms with E-state index in [9.17, 15) is 4.79 Å². The summed E-state index contributed by atoms with van der Waals surface area (Å²) in [4.78, 5) is 14.9. The molecule has 2 aromatic carbocycles. The van der Waals surface area contributed by atoms with Crippen molar-refractivity contribution in [1.29, 1.82) is 0 Å². The first-order chi connectivity index (χ1) is 13.6. The standard InChI is InChI=1S/C21H23ClN2O4/c1-14(21(25)23-17-6-7-18-19(12-17)28-11-10-27-18)24-8-9-26-20(13-24)15-2-4-16(22)5-3-15/h2-7,12,14,20H,8-11,13H2,1H3,(H,23,25). The third kappa shape index (κ3) is 4.24. The van der Waals surface area contributed by atoms with E-state index in [0.717, 1.165) is 5.56 Å². The Labute approximate surface area is 169 Å². The lowest BCUT2D eigenvalue weighted by Gasteiger charge is -2.36. The van der Waals surface area contributed by atoms with Gasteiger partial charge in [0.15, 0.2) is 11.5 Å². The highest BCUT2D eigenvalue weighted by Crippen LogP contribution is 2.33. The van der Waals surface area contributed by atoms with E-state index in [2.05, 4.69) is 10.2 Å². The van der Waals surface area contributed by atoms with Crippen LogP contribution < -0.4 is 14.8 Å². The largest absolute Gasteiger partial charge is 0.486 e. The number of nitrogens with zero attached hydrogens (tertiary/aromatic N) is 1. The molecule has 0 aliphatic carbocycles. The van der Waals surface area contributed by atoms with Gasteiger partial charge < -0.3 is 19.5 Å². The van der Waals surface area contributed by atoms with Crippen LogP contribution in [0.4, 0.5) is 5.69 Å². The molecule has 2 unspecified atom stereocenters. The minimum atomic E-state index is -0.285. The molecule has 7 heteroatoms. The molecule has 1 N–H and O–H groups in total. The Morgan fingerprint density at radius 2 is 1.86 bits per heavy atom. The van der Waals surface area contributed by atoms with Crippen LogP contribution in [0.1, 0.15) is 18.6 Å². The first kappa shape index (κ1) is 19.1. The second kappa shape index (κ2) is 8.39. The van der Waals surface area contributed by atoms with E-state index >= 15 is 0 Å². The van der Waals surface area contributed by atoms with E-state index in [1.165, 1.54) is 0 Å². The summed E-state index contributed by atoms with van der Waals surface area (Å²) in [6, 6.07) is 12.8. The first-order valence-corrected chi connectivity index (χ1v) is 9.79. The van der Waals surface area contributed by atoms with Gasteiger partial charge in [-0.25, -0.2) is 0 Å². The van der Waals surface area contributed by atoms with Gasteiger partial charge in [0.05, 0.1) is 18.8 Å². The molecule has 0 spiro atoms. The molecule has 0 aromatic heterocycles. The Morgan fingerprint density at radius 3 is 2.64 bits per heavy atom. The van der Waals surface area contributed by atoms with E-state index in [1.807, 2.05) is 43.3 Å². The average molecular weight is 403 g/mol. The highest BCUT2D eigenvalue weighted by Gasteiger charge is 2.29. The van der Waals surface area contributed by atoms with Gasteiger partial charge in [-0.1, -0.05) is 23.7 Å². The zero-order chi connectivity index (χ0) is 19.5. The summed E-state index contributed by atoms with van der Waals surface area (Å²) < 4.78 is 17.0. The summed E-state index contributed by atoms with van der Waals surface area (Å²) in [6.07, 6.45) is -0.0736. The predicted octanol–water partition coefficient (Wildman–Crippen LogP) is 3.51. The maximum absolute atomic E-state index is 12.8. The fourth-order valence-electron chi connectivity index (χ4n) is 3.43. The van der Waals surface area contributed by atoms with Gasteiger partial charge in [0.25, 0.3) is 0 Å². The minimum Gasteiger partial charge on any atom is -0.486 e. The zero-order valence-electron chi connectivity index (χ0n) is 15.7. The van der Waals surface area contributed by atoms with E-state index < -0.39 is 0 Å². The lowest BCUT2D eigenvalue weighted by Crippen LogP contribution is -2.48. The molecule has 0 radical (unpaired) electrons. The van der Waals surface area contributed by atoms with Crippen molar-refractivity contribution in [2.75, 3.05) is 38.2 Å². The van der Waals surface area contributed by atoms with E-state index in [4.69, 9.17) is 25.8 Å². The molecule has 6 nitrogen and oxygen atoms in total. The molecule has 2 aliphatic heterocycles. The first-order valence-electron chi connectivity index (χ1n) is 9.42. The molecular weight excluding hydrogens is 380 g/mol. The molecular formula is C21H23ClN2O4. The third-order valence-corrected chi connectivity index (χ3v) is 5.33.